The molecule has 0 saturated heterocycles. The first-order valence-corrected chi connectivity index (χ1v) is 6.28. The minimum atomic E-state index is -0.205. The first-order chi connectivity index (χ1) is 9.26. The molecule has 19 heavy (non-hydrogen) atoms. The molecule has 0 aliphatic carbocycles. The molecule has 3 aromatic rings. The van der Waals surface area contributed by atoms with Crippen molar-refractivity contribution in [2.24, 2.45) is 5.73 Å². The number of rotatable bonds is 3. The van der Waals surface area contributed by atoms with E-state index in [1.54, 1.807) is 12.1 Å². The highest BCUT2D eigenvalue weighted by Crippen LogP contribution is 2.18. The normalized spacial score (nSPS) is 11.1. The van der Waals surface area contributed by atoms with Crippen molar-refractivity contribution < 1.29 is 4.39 Å². The van der Waals surface area contributed by atoms with Crippen molar-refractivity contribution in [3.63, 3.8) is 0 Å². The first kappa shape index (κ1) is 11.9. The summed E-state index contributed by atoms with van der Waals surface area (Å²) >= 11 is 0. The Kier molecular flexibility index (Phi) is 3.05. The van der Waals surface area contributed by atoms with Gasteiger partial charge in [-0.15, -0.1) is 0 Å². The number of nitrogens with zero attached hydrogens (tertiary/aromatic N) is 1. The van der Waals surface area contributed by atoms with Crippen LogP contribution in [0.4, 0.5) is 4.39 Å². The summed E-state index contributed by atoms with van der Waals surface area (Å²) in [6, 6.07) is 15.0. The molecule has 0 fully saturated rings. The number of hydrogen-bond donors (Lipinski definition) is 1. The van der Waals surface area contributed by atoms with E-state index in [1.807, 2.05) is 29.0 Å². The molecule has 0 radical (unpaired) electrons. The number of benzene rings is 2. The summed E-state index contributed by atoms with van der Waals surface area (Å²) in [7, 11) is 0. The maximum Gasteiger partial charge on any atom is 0.125 e. The first-order valence-electron chi connectivity index (χ1n) is 6.28. The zero-order chi connectivity index (χ0) is 13.2. The van der Waals surface area contributed by atoms with Crippen LogP contribution < -0.4 is 5.73 Å². The third kappa shape index (κ3) is 2.37. The van der Waals surface area contributed by atoms with Crippen molar-refractivity contribution in [2.45, 2.75) is 13.1 Å². The van der Waals surface area contributed by atoms with Crippen LogP contribution in [0.25, 0.3) is 10.9 Å². The lowest BCUT2D eigenvalue weighted by Crippen LogP contribution is -2.01. The van der Waals surface area contributed by atoms with Gasteiger partial charge in [-0.05, 0) is 40.8 Å². The van der Waals surface area contributed by atoms with Crippen molar-refractivity contribution in [2.75, 3.05) is 0 Å². The maximum atomic E-state index is 13.3. The highest BCUT2D eigenvalue weighted by molar-refractivity contribution is 5.80. The predicted octanol–water partition coefficient (Wildman–Crippen LogP) is 3.29. The fourth-order valence-corrected chi connectivity index (χ4v) is 2.35. The van der Waals surface area contributed by atoms with Gasteiger partial charge in [0, 0.05) is 19.3 Å². The number of nitrogens with two attached hydrogens (primary N) is 1. The molecule has 1 heterocycles. The number of hydrogen-bond acceptors (Lipinski definition) is 1. The van der Waals surface area contributed by atoms with Crippen LogP contribution in [0.3, 0.4) is 0 Å². The van der Waals surface area contributed by atoms with E-state index in [2.05, 4.69) is 12.1 Å². The summed E-state index contributed by atoms with van der Waals surface area (Å²) in [5.41, 5.74) is 8.84. The maximum absolute atomic E-state index is 13.3. The Morgan fingerprint density at radius 1 is 1.00 bits per heavy atom. The highest BCUT2D eigenvalue weighted by Gasteiger charge is 2.03. The van der Waals surface area contributed by atoms with Crippen LogP contribution in [-0.4, -0.2) is 4.57 Å². The zero-order valence-electron chi connectivity index (χ0n) is 10.5. The number of halogens is 1. The molecule has 0 saturated carbocycles. The Morgan fingerprint density at radius 3 is 2.68 bits per heavy atom. The van der Waals surface area contributed by atoms with Gasteiger partial charge in [-0.3, -0.25) is 0 Å². The van der Waals surface area contributed by atoms with E-state index in [4.69, 9.17) is 5.73 Å². The molecule has 0 amide bonds. The van der Waals surface area contributed by atoms with Gasteiger partial charge in [0.05, 0.1) is 5.52 Å². The van der Waals surface area contributed by atoms with Crippen molar-refractivity contribution in [1.29, 1.82) is 0 Å². The van der Waals surface area contributed by atoms with Crippen LogP contribution in [0.1, 0.15) is 11.1 Å². The smallest absolute Gasteiger partial charge is 0.125 e. The summed E-state index contributed by atoms with van der Waals surface area (Å²) in [6.07, 6.45) is 1.99. The number of fused-ring (bicyclic) bond motifs is 1. The second kappa shape index (κ2) is 4.86. The monoisotopic (exact) mass is 254 g/mol. The largest absolute Gasteiger partial charge is 0.343 e. The van der Waals surface area contributed by atoms with Gasteiger partial charge in [-0.25, -0.2) is 4.39 Å². The molecule has 3 heteroatoms. The highest BCUT2D eigenvalue weighted by atomic mass is 19.1. The fourth-order valence-electron chi connectivity index (χ4n) is 2.35. The van der Waals surface area contributed by atoms with E-state index < -0.39 is 0 Å². The Hall–Kier alpha value is -2.13. The molecule has 0 aliphatic heterocycles. The van der Waals surface area contributed by atoms with Gasteiger partial charge in [-0.2, -0.15) is 0 Å². The van der Waals surface area contributed by atoms with Gasteiger partial charge >= 0.3 is 0 Å². The minimum Gasteiger partial charge on any atom is -0.343 e. The Morgan fingerprint density at radius 2 is 1.84 bits per heavy atom. The molecule has 3 rings (SSSR count). The van der Waals surface area contributed by atoms with Crippen LogP contribution in [0.5, 0.6) is 0 Å². The van der Waals surface area contributed by atoms with Crippen molar-refractivity contribution >= 4 is 10.9 Å². The van der Waals surface area contributed by atoms with Gasteiger partial charge in [0.25, 0.3) is 0 Å². The molecule has 2 N–H and O–H groups in total. The average molecular weight is 254 g/mol. The van der Waals surface area contributed by atoms with Crippen LogP contribution in [0, 0.1) is 5.82 Å². The van der Waals surface area contributed by atoms with E-state index in [0.29, 0.717) is 6.54 Å². The van der Waals surface area contributed by atoms with Gasteiger partial charge < -0.3 is 10.3 Å². The SMILES string of the molecule is NCc1cccc(Cn2ccc3ccc(F)cc32)c1. The van der Waals surface area contributed by atoms with E-state index in [9.17, 15) is 4.39 Å². The van der Waals surface area contributed by atoms with E-state index in [0.717, 1.165) is 23.0 Å². The molecule has 0 bridgehead atoms. The Bertz CT molecular complexity index is 716. The van der Waals surface area contributed by atoms with Crippen LogP contribution in [0.2, 0.25) is 0 Å². The van der Waals surface area contributed by atoms with Crippen molar-refractivity contribution in [3.8, 4) is 0 Å². The molecule has 0 aliphatic rings. The third-order valence-electron chi connectivity index (χ3n) is 3.32. The predicted molar refractivity (Wildman–Crippen MR) is 75.3 cm³/mol. The van der Waals surface area contributed by atoms with Gasteiger partial charge in [-0.1, -0.05) is 24.3 Å². The van der Waals surface area contributed by atoms with Gasteiger partial charge in [0.15, 0.2) is 0 Å². The molecule has 2 nitrogen and oxygen atoms in total. The van der Waals surface area contributed by atoms with Crippen molar-refractivity contribution in [1.82, 2.24) is 4.57 Å². The number of aromatic nitrogens is 1. The van der Waals surface area contributed by atoms with Crippen LogP contribution in [0.15, 0.2) is 54.7 Å². The van der Waals surface area contributed by atoms with E-state index in [-0.39, 0.29) is 5.82 Å². The third-order valence-corrected chi connectivity index (χ3v) is 3.32. The Labute approximate surface area is 111 Å². The lowest BCUT2D eigenvalue weighted by atomic mass is 10.1. The second-order valence-electron chi connectivity index (χ2n) is 4.67. The quantitative estimate of drug-likeness (QED) is 0.764. The molecule has 96 valence electrons. The van der Waals surface area contributed by atoms with Gasteiger partial charge in [0.2, 0.25) is 0 Å². The standard InChI is InChI=1S/C16H15FN2/c17-15-5-4-14-6-7-19(16(14)9-15)11-13-3-1-2-12(8-13)10-18/h1-9H,10-11,18H2. The lowest BCUT2D eigenvalue weighted by molar-refractivity contribution is 0.628. The minimum absolute atomic E-state index is 0.205. The fraction of sp³-hybridized carbons (Fsp3) is 0.125. The summed E-state index contributed by atoms with van der Waals surface area (Å²) in [6.45, 7) is 1.26. The summed E-state index contributed by atoms with van der Waals surface area (Å²) in [4.78, 5) is 0. The molecule has 0 unspecified atom stereocenters. The zero-order valence-corrected chi connectivity index (χ0v) is 10.5. The topological polar surface area (TPSA) is 30.9 Å². The summed E-state index contributed by atoms with van der Waals surface area (Å²) < 4.78 is 15.4. The molecule has 1 aromatic heterocycles. The molecule has 0 atom stereocenters. The molecular weight excluding hydrogens is 239 g/mol. The van der Waals surface area contributed by atoms with Crippen molar-refractivity contribution in [3.05, 3.63) is 71.7 Å². The van der Waals surface area contributed by atoms with E-state index in [1.165, 1.54) is 11.6 Å². The average Bonchev–Trinajstić information content (AvgIpc) is 2.81. The van der Waals surface area contributed by atoms with E-state index >= 15 is 0 Å². The second-order valence-corrected chi connectivity index (χ2v) is 4.67. The van der Waals surface area contributed by atoms with Gasteiger partial charge in [0.1, 0.15) is 5.82 Å². The molecule has 0 spiro atoms. The van der Waals surface area contributed by atoms with Crippen LogP contribution >= 0.6 is 0 Å². The summed E-state index contributed by atoms with van der Waals surface area (Å²) in [5, 5.41) is 1.05. The summed E-state index contributed by atoms with van der Waals surface area (Å²) in [5.74, 6) is -0.205. The molecule has 2 aromatic carbocycles. The lowest BCUT2D eigenvalue weighted by Gasteiger charge is -2.07. The van der Waals surface area contributed by atoms with Crippen LogP contribution in [-0.2, 0) is 13.1 Å². The Balaban J connectivity index is 1.98. The molecular formula is C16H15FN2.